The fraction of sp³-hybridized carbons (Fsp3) is 0.300. The van der Waals surface area contributed by atoms with Crippen molar-refractivity contribution in [2.45, 2.75) is 19.8 Å². The second kappa shape index (κ2) is 9.32. The van der Waals surface area contributed by atoms with Gasteiger partial charge >= 0.3 is 0 Å². The van der Waals surface area contributed by atoms with E-state index in [0.29, 0.717) is 16.4 Å². The third-order valence-electron chi connectivity index (χ3n) is 4.34. The number of carbonyl (C=O) groups excluding carboxylic acids is 2. The molecule has 0 saturated carbocycles. The molecule has 1 aliphatic rings. The number of rotatable bonds is 6. The maximum absolute atomic E-state index is 12.3. The number of nitrogens with one attached hydrogen (secondary N) is 2. The van der Waals surface area contributed by atoms with Gasteiger partial charge in [0.1, 0.15) is 11.7 Å². The van der Waals surface area contributed by atoms with E-state index in [1.165, 1.54) is 6.20 Å². The second-order valence-electron chi connectivity index (χ2n) is 6.40. The molecule has 2 aromatic rings. The van der Waals surface area contributed by atoms with Crippen LogP contribution in [0.4, 0.5) is 11.5 Å². The third-order valence-corrected chi connectivity index (χ3v) is 4.57. The largest absolute Gasteiger partial charge is 0.352 e. The van der Waals surface area contributed by atoms with Gasteiger partial charge < -0.3 is 15.5 Å². The summed E-state index contributed by atoms with van der Waals surface area (Å²) in [7, 11) is 0. The normalized spacial score (nSPS) is 13.6. The Morgan fingerprint density at radius 2 is 1.96 bits per heavy atom. The van der Waals surface area contributed by atoms with Crippen LogP contribution >= 0.6 is 11.6 Å². The highest BCUT2D eigenvalue weighted by atomic mass is 35.5. The van der Waals surface area contributed by atoms with Gasteiger partial charge in [-0.05, 0) is 49.7 Å². The Morgan fingerprint density at radius 3 is 2.64 bits per heavy atom. The number of carbonyl (C=O) groups is 2. The average molecular weight is 400 g/mol. The molecule has 0 atom stereocenters. The van der Waals surface area contributed by atoms with Crippen molar-refractivity contribution in [1.82, 2.24) is 10.3 Å². The highest BCUT2D eigenvalue weighted by Gasteiger charge is 2.14. The number of hydrogen-bond acceptors (Lipinski definition) is 5. The summed E-state index contributed by atoms with van der Waals surface area (Å²) in [5.41, 5.74) is 1.57. The van der Waals surface area contributed by atoms with Crippen LogP contribution in [0, 0.1) is 0 Å². The smallest absolute Gasteiger partial charge is 0.251 e. The van der Waals surface area contributed by atoms with Gasteiger partial charge in [-0.2, -0.15) is 0 Å². The number of nitrogens with zero attached hydrogens (tertiary/aromatic N) is 3. The molecule has 0 radical (unpaired) electrons. The molecular weight excluding hydrogens is 378 g/mol. The van der Waals surface area contributed by atoms with E-state index < -0.39 is 0 Å². The third kappa shape index (κ3) is 5.29. The lowest BCUT2D eigenvalue weighted by atomic mass is 10.1. The Kier molecular flexibility index (Phi) is 6.60. The number of amidine groups is 1. The molecule has 2 N–H and O–H groups in total. The molecule has 28 heavy (non-hydrogen) atoms. The summed E-state index contributed by atoms with van der Waals surface area (Å²) in [5.74, 6) is 0.968. The van der Waals surface area contributed by atoms with E-state index in [4.69, 9.17) is 11.6 Å². The number of halogens is 1. The Bertz CT molecular complexity index is 865. The summed E-state index contributed by atoms with van der Waals surface area (Å²) in [6, 6.07) is 10.7. The molecular formula is C20H22ClN5O2. The topological polar surface area (TPSA) is 86.7 Å². The van der Waals surface area contributed by atoms with Gasteiger partial charge in [-0.1, -0.05) is 11.6 Å². The van der Waals surface area contributed by atoms with Crippen molar-refractivity contribution < 1.29 is 9.59 Å². The number of pyridine rings is 1. The Morgan fingerprint density at radius 1 is 1.18 bits per heavy atom. The molecule has 2 heterocycles. The van der Waals surface area contributed by atoms with E-state index in [-0.39, 0.29) is 24.8 Å². The lowest BCUT2D eigenvalue weighted by Crippen LogP contribution is -2.33. The van der Waals surface area contributed by atoms with E-state index in [1.54, 1.807) is 24.3 Å². The number of aromatic nitrogens is 1. The zero-order valence-electron chi connectivity index (χ0n) is 15.6. The van der Waals surface area contributed by atoms with Gasteiger partial charge in [0.2, 0.25) is 5.91 Å². The minimum atomic E-state index is -0.231. The molecule has 0 saturated heterocycles. The van der Waals surface area contributed by atoms with Crippen LogP contribution in [0.3, 0.4) is 0 Å². The summed E-state index contributed by atoms with van der Waals surface area (Å²) in [6.07, 6.45) is 2.63. The molecule has 3 rings (SSSR count). The van der Waals surface area contributed by atoms with E-state index >= 15 is 0 Å². The van der Waals surface area contributed by atoms with Gasteiger partial charge in [0.05, 0.1) is 5.02 Å². The van der Waals surface area contributed by atoms with Gasteiger partial charge in [-0.15, -0.1) is 0 Å². The molecule has 8 heteroatoms. The van der Waals surface area contributed by atoms with Crippen LogP contribution in [0.2, 0.25) is 5.02 Å². The summed E-state index contributed by atoms with van der Waals surface area (Å²) < 4.78 is 0. The van der Waals surface area contributed by atoms with Crippen molar-refractivity contribution in [3.63, 3.8) is 0 Å². The molecule has 1 aliphatic heterocycles. The molecule has 146 valence electrons. The van der Waals surface area contributed by atoms with Crippen LogP contribution in [-0.4, -0.2) is 42.3 Å². The van der Waals surface area contributed by atoms with Crippen LogP contribution < -0.4 is 15.5 Å². The highest BCUT2D eigenvalue weighted by Crippen LogP contribution is 2.18. The molecule has 7 nitrogen and oxygen atoms in total. The first-order valence-electron chi connectivity index (χ1n) is 9.11. The number of hydrogen-bond donors (Lipinski definition) is 2. The summed E-state index contributed by atoms with van der Waals surface area (Å²) in [4.78, 5) is 34.8. The number of amides is 2. The average Bonchev–Trinajstić information content (AvgIpc) is 2.70. The molecule has 0 fully saturated rings. The van der Waals surface area contributed by atoms with Crippen LogP contribution in [0.5, 0.6) is 0 Å². The van der Waals surface area contributed by atoms with E-state index in [0.717, 1.165) is 31.0 Å². The first-order chi connectivity index (χ1) is 13.5. The molecule has 0 bridgehead atoms. The first kappa shape index (κ1) is 19.8. The SMILES string of the molecule is CC1=NCCCN1c1ccc(C(=O)NCCC(=O)Nc2ccc(Cl)cn2)cc1. The van der Waals surface area contributed by atoms with Gasteiger partial charge in [-0.25, -0.2) is 4.98 Å². The fourth-order valence-corrected chi connectivity index (χ4v) is 2.98. The minimum Gasteiger partial charge on any atom is -0.352 e. The number of aliphatic imine (C=N–C) groups is 1. The van der Waals surface area contributed by atoms with E-state index in [9.17, 15) is 9.59 Å². The Hall–Kier alpha value is -2.93. The number of benzene rings is 1. The van der Waals surface area contributed by atoms with Crippen LogP contribution in [0.1, 0.15) is 30.1 Å². The Balaban J connectivity index is 1.47. The molecule has 0 aliphatic carbocycles. The molecule has 1 aromatic heterocycles. The zero-order chi connectivity index (χ0) is 19.9. The molecule has 0 unspecified atom stereocenters. The first-order valence-corrected chi connectivity index (χ1v) is 9.49. The highest BCUT2D eigenvalue weighted by molar-refractivity contribution is 6.30. The Labute approximate surface area is 168 Å². The maximum atomic E-state index is 12.3. The second-order valence-corrected chi connectivity index (χ2v) is 6.83. The minimum absolute atomic E-state index is 0.150. The van der Waals surface area contributed by atoms with Gasteiger partial charge in [0, 0.05) is 43.5 Å². The number of anilines is 2. The monoisotopic (exact) mass is 399 g/mol. The summed E-state index contributed by atoms with van der Waals surface area (Å²) in [5, 5.41) is 5.91. The lowest BCUT2D eigenvalue weighted by Gasteiger charge is -2.27. The van der Waals surface area contributed by atoms with Crippen LogP contribution in [0.15, 0.2) is 47.6 Å². The van der Waals surface area contributed by atoms with Gasteiger partial charge in [0.15, 0.2) is 0 Å². The van der Waals surface area contributed by atoms with Crippen molar-refractivity contribution in [3.05, 3.63) is 53.2 Å². The van der Waals surface area contributed by atoms with Crippen LogP contribution in [-0.2, 0) is 4.79 Å². The van der Waals surface area contributed by atoms with E-state index in [2.05, 4.69) is 25.5 Å². The zero-order valence-corrected chi connectivity index (χ0v) is 16.4. The predicted molar refractivity (Wildman–Crippen MR) is 111 cm³/mol. The molecule has 0 spiro atoms. The lowest BCUT2D eigenvalue weighted by molar-refractivity contribution is -0.116. The van der Waals surface area contributed by atoms with Crippen LogP contribution in [0.25, 0.3) is 0 Å². The standard InChI is InChI=1S/C20H22ClN5O2/c1-14-22-10-2-12-26(14)17-6-3-15(4-7-17)20(28)23-11-9-19(27)25-18-8-5-16(21)13-24-18/h3-8,13H,2,9-12H2,1H3,(H,23,28)(H,24,25,27). The maximum Gasteiger partial charge on any atom is 0.251 e. The van der Waals surface area contributed by atoms with Crippen molar-refractivity contribution in [2.24, 2.45) is 4.99 Å². The quantitative estimate of drug-likeness (QED) is 0.781. The van der Waals surface area contributed by atoms with Crippen molar-refractivity contribution in [3.8, 4) is 0 Å². The predicted octanol–water partition coefficient (Wildman–Crippen LogP) is 3.12. The van der Waals surface area contributed by atoms with Gasteiger partial charge in [0.25, 0.3) is 5.91 Å². The summed E-state index contributed by atoms with van der Waals surface area (Å²) in [6.45, 7) is 4.02. The molecule has 2 amide bonds. The van der Waals surface area contributed by atoms with Crippen molar-refractivity contribution in [1.29, 1.82) is 0 Å². The molecule has 1 aromatic carbocycles. The fourth-order valence-electron chi connectivity index (χ4n) is 2.87. The van der Waals surface area contributed by atoms with Gasteiger partial charge in [-0.3, -0.25) is 14.6 Å². The van der Waals surface area contributed by atoms with E-state index in [1.807, 2.05) is 19.1 Å². The van der Waals surface area contributed by atoms with Crippen molar-refractivity contribution >= 4 is 40.8 Å². The summed E-state index contributed by atoms with van der Waals surface area (Å²) >= 11 is 5.75. The van der Waals surface area contributed by atoms with Crippen molar-refractivity contribution in [2.75, 3.05) is 29.9 Å².